The van der Waals surface area contributed by atoms with Gasteiger partial charge in [0.2, 0.25) is 5.91 Å². The van der Waals surface area contributed by atoms with E-state index in [0.717, 1.165) is 11.4 Å². The quantitative estimate of drug-likeness (QED) is 0.502. The van der Waals surface area contributed by atoms with E-state index in [4.69, 9.17) is 0 Å². The molecule has 8 heteroatoms. The van der Waals surface area contributed by atoms with Crippen LogP contribution in [0.1, 0.15) is 70.3 Å². The lowest BCUT2D eigenvalue weighted by Gasteiger charge is -2.43. The second-order valence-electron chi connectivity index (χ2n) is 11.9. The number of rotatable bonds is 7. The predicted molar refractivity (Wildman–Crippen MR) is 158 cm³/mol. The van der Waals surface area contributed by atoms with Crippen LogP contribution in [-0.2, 0) is 9.59 Å². The Kier molecular flexibility index (Phi) is 8.62. The fraction of sp³-hybridized carbons (Fsp3) is 0.531. The Labute approximate surface area is 238 Å². The monoisotopic (exact) mass is 545 g/mol. The normalized spacial score (nSPS) is 19.4. The standard InChI is InChI=1S/C32H43N5O3/c1-24(2)26-13-15-27(16-14-26)34-31(40)35-19-17-32(18-20-35)30(39)36(23-37(32)28-11-7-4-8-12-28)22-29(38)33-21-25-9-5-3-6-10-25/h4,7-8,11-16,24-25H,3,5-6,9-10,17-23H2,1-2H3,(H,33,38)(H,34,40). The smallest absolute Gasteiger partial charge is 0.321 e. The van der Waals surface area contributed by atoms with E-state index in [2.05, 4.69) is 29.4 Å². The summed E-state index contributed by atoms with van der Waals surface area (Å²) in [6.45, 7) is 6.34. The van der Waals surface area contributed by atoms with Crippen LogP contribution in [-0.4, -0.2) is 66.0 Å². The molecule has 214 valence electrons. The highest BCUT2D eigenvalue weighted by atomic mass is 16.2. The van der Waals surface area contributed by atoms with E-state index in [0.29, 0.717) is 51.0 Å². The molecule has 8 nitrogen and oxygen atoms in total. The summed E-state index contributed by atoms with van der Waals surface area (Å²) in [5.41, 5.74) is 2.19. The molecular weight excluding hydrogens is 502 g/mol. The maximum atomic E-state index is 13.9. The van der Waals surface area contributed by atoms with Crippen LogP contribution in [0.4, 0.5) is 16.2 Å². The highest BCUT2D eigenvalue weighted by Gasteiger charge is 2.54. The maximum absolute atomic E-state index is 13.9. The molecule has 3 fully saturated rings. The number of para-hydroxylation sites is 1. The summed E-state index contributed by atoms with van der Waals surface area (Å²) in [4.78, 5) is 45.5. The zero-order valence-corrected chi connectivity index (χ0v) is 23.9. The summed E-state index contributed by atoms with van der Waals surface area (Å²) < 4.78 is 0. The van der Waals surface area contributed by atoms with Gasteiger partial charge in [-0.25, -0.2) is 4.79 Å². The Morgan fingerprint density at radius 2 is 1.62 bits per heavy atom. The van der Waals surface area contributed by atoms with Crippen LogP contribution in [0.3, 0.4) is 0 Å². The molecule has 4 amide bonds. The third kappa shape index (κ3) is 6.11. The number of carbonyl (C=O) groups is 3. The van der Waals surface area contributed by atoms with Gasteiger partial charge in [-0.3, -0.25) is 9.59 Å². The third-order valence-corrected chi connectivity index (χ3v) is 8.94. The minimum absolute atomic E-state index is 0.0199. The van der Waals surface area contributed by atoms with Crippen molar-refractivity contribution in [1.29, 1.82) is 0 Å². The van der Waals surface area contributed by atoms with Gasteiger partial charge in [0.25, 0.3) is 5.91 Å². The summed E-state index contributed by atoms with van der Waals surface area (Å²) in [7, 11) is 0. The molecule has 0 unspecified atom stereocenters. The molecule has 5 rings (SSSR count). The summed E-state index contributed by atoms with van der Waals surface area (Å²) in [5, 5.41) is 6.10. The molecule has 2 heterocycles. The zero-order valence-electron chi connectivity index (χ0n) is 23.9. The lowest BCUT2D eigenvalue weighted by molar-refractivity contribution is -0.137. The Morgan fingerprint density at radius 1 is 0.950 bits per heavy atom. The van der Waals surface area contributed by atoms with Gasteiger partial charge in [-0.05, 0) is 67.3 Å². The molecule has 0 radical (unpaired) electrons. The average Bonchev–Trinajstić information content (AvgIpc) is 3.23. The first-order chi connectivity index (χ1) is 19.4. The average molecular weight is 546 g/mol. The second-order valence-corrected chi connectivity index (χ2v) is 11.9. The molecule has 1 aliphatic carbocycles. The van der Waals surface area contributed by atoms with Crippen molar-refractivity contribution < 1.29 is 14.4 Å². The van der Waals surface area contributed by atoms with Crippen molar-refractivity contribution in [3.05, 3.63) is 60.2 Å². The van der Waals surface area contributed by atoms with E-state index in [9.17, 15) is 14.4 Å². The first-order valence-electron chi connectivity index (χ1n) is 14.9. The number of nitrogens with zero attached hydrogens (tertiary/aromatic N) is 3. The number of piperidine rings is 1. The number of hydrogen-bond acceptors (Lipinski definition) is 4. The Hall–Kier alpha value is -3.55. The van der Waals surface area contributed by atoms with Gasteiger partial charge < -0.3 is 25.3 Å². The number of anilines is 2. The Bertz CT molecular complexity index is 1170. The van der Waals surface area contributed by atoms with Crippen molar-refractivity contribution in [2.24, 2.45) is 5.92 Å². The van der Waals surface area contributed by atoms with E-state index in [1.807, 2.05) is 54.6 Å². The molecule has 2 aromatic rings. The van der Waals surface area contributed by atoms with E-state index in [-0.39, 0.29) is 24.4 Å². The molecule has 2 N–H and O–H groups in total. The lowest BCUT2D eigenvalue weighted by Crippen LogP contribution is -2.58. The number of urea groups is 1. The van der Waals surface area contributed by atoms with Gasteiger partial charge in [0.05, 0.1) is 6.67 Å². The van der Waals surface area contributed by atoms with Crippen LogP contribution < -0.4 is 15.5 Å². The number of carbonyl (C=O) groups excluding carboxylic acids is 3. The molecule has 2 aromatic carbocycles. The third-order valence-electron chi connectivity index (χ3n) is 8.94. The SMILES string of the molecule is CC(C)c1ccc(NC(=O)N2CCC3(CC2)C(=O)N(CC(=O)NCC2CCCCC2)CN3c2ccccc2)cc1. The molecule has 0 atom stereocenters. The van der Waals surface area contributed by atoms with Gasteiger partial charge in [0.15, 0.2) is 0 Å². The van der Waals surface area contributed by atoms with Gasteiger partial charge in [0, 0.05) is 31.0 Å². The van der Waals surface area contributed by atoms with Crippen LogP contribution in [0, 0.1) is 5.92 Å². The van der Waals surface area contributed by atoms with E-state index >= 15 is 0 Å². The predicted octanol–water partition coefficient (Wildman–Crippen LogP) is 5.18. The molecule has 2 aliphatic heterocycles. The number of nitrogens with one attached hydrogen (secondary N) is 2. The topological polar surface area (TPSA) is 85.0 Å². The number of likely N-dealkylation sites (tertiary alicyclic amines) is 1. The fourth-order valence-corrected chi connectivity index (χ4v) is 6.43. The summed E-state index contributed by atoms with van der Waals surface area (Å²) in [5.74, 6) is 0.864. The Balaban J connectivity index is 1.23. The van der Waals surface area contributed by atoms with Gasteiger partial charge >= 0.3 is 6.03 Å². The molecule has 1 spiro atoms. The van der Waals surface area contributed by atoms with Crippen LogP contribution in [0.25, 0.3) is 0 Å². The maximum Gasteiger partial charge on any atom is 0.321 e. The first-order valence-corrected chi connectivity index (χ1v) is 14.9. The largest absolute Gasteiger partial charge is 0.354 e. The van der Waals surface area contributed by atoms with Gasteiger partial charge in [-0.1, -0.05) is 63.4 Å². The van der Waals surface area contributed by atoms with Crippen LogP contribution in [0.15, 0.2) is 54.6 Å². The fourth-order valence-electron chi connectivity index (χ4n) is 6.43. The van der Waals surface area contributed by atoms with Crippen molar-refractivity contribution in [2.45, 2.75) is 70.3 Å². The van der Waals surface area contributed by atoms with Crippen molar-refractivity contribution in [3.63, 3.8) is 0 Å². The molecule has 1 saturated carbocycles. The van der Waals surface area contributed by atoms with Crippen LogP contribution in [0.5, 0.6) is 0 Å². The Morgan fingerprint density at radius 3 is 2.27 bits per heavy atom. The van der Waals surface area contributed by atoms with Gasteiger partial charge in [-0.2, -0.15) is 0 Å². The molecule has 3 aliphatic rings. The minimum Gasteiger partial charge on any atom is -0.354 e. The van der Waals surface area contributed by atoms with Crippen molar-refractivity contribution in [2.75, 3.05) is 43.1 Å². The molecule has 2 saturated heterocycles. The van der Waals surface area contributed by atoms with Crippen molar-refractivity contribution >= 4 is 29.2 Å². The summed E-state index contributed by atoms with van der Waals surface area (Å²) in [6, 6.07) is 17.7. The molecule has 0 bridgehead atoms. The summed E-state index contributed by atoms with van der Waals surface area (Å²) >= 11 is 0. The van der Waals surface area contributed by atoms with Gasteiger partial charge in [-0.15, -0.1) is 0 Å². The van der Waals surface area contributed by atoms with E-state index in [1.54, 1.807) is 9.80 Å². The zero-order chi connectivity index (χ0) is 28.1. The van der Waals surface area contributed by atoms with E-state index in [1.165, 1.54) is 37.7 Å². The molecule has 0 aromatic heterocycles. The van der Waals surface area contributed by atoms with Crippen LogP contribution in [0.2, 0.25) is 0 Å². The van der Waals surface area contributed by atoms with Crippen molar-refractivity contribution in [1.82, 2.24) is 15.1 Å². The second kappa shape index (κ2) is 12.3. The number of amides is 4. The highest BCUT2D eigenvalue weighted by molar-refractivity contribution is 5.97. The van der Waals surface area contributed by atoms with Crippen molar-refractivity contribution in [3.8, 4) is 0 Å². The molecule has 40 heavy (non-hydrogen) atoms. The number of benzene rings is 2. The summed E-state index contributed by atoms with van der Waals surface area (Å²) in [6.07, 6.45) is 7.12. The highest BCUT2D eigenvalue weighted by Crippen LogP contribution is 2.39. The number of hydrogen-bond donors (Lipinski definition) is 2. The van der Waals surface area contributed by atoms with Crippen LogP contribution >= 0.6 is 0 Å². The first kappa shape index (κ1) is 28.0. The lowest BCUT2D eigenvalue weighted by atomic mass is 9.85. The van der Waals surface area contributed by atoms with Gasteiger partial charge in [0.1, 0.15) is 12.1 Å². The van der Waals surface area contributed by atoms with E-state index < -0.39 is 5.54 Å². The minimum atomic E-state index is -0.763. The molecular formula is C32H43N5O3.